The van der Waals surface area contributed by atoms with Crippen molar-refractivity contribution in [3.05, 3.63) is 35.4 Å². The van der Waals surface area contributed by atoms with Gasteiger partial charge >= 0.3 is 0 Å². The van der Waals surface area contributed by atoms with Crippen LogP contribution in [0.4, 0.5) is 8.78 Å². The molecular formula is C9H9F2. The average molecular weight is 155 g/mol. The highest BCUT2D eigenvalue weighted by atomic mass is 19.1. The molecule has 1 rings (SSSR count). The number of aryl methyl sites for hydroxylation is 1. The highest BCUT2D eigenvalue weighted by Crippen LogP contribution is 2.10. The molecule has 0 unspecified atom stereocenters. The first kappa shape index (κ1) is 8.18. The van der Waals surface area contributed by atoms with Crippen LogP contribution in [0.15, 0.2) is 12.1 Å². The Morgan fingerprint density at radius 1 is 1.45 bits per heavy atom. The van der Waals surface area contributed by atoms with Crippen LogP contribution in [-0.4, -0.2) is 0 Å². The highest BCUT2D eigenvalue weighted by molar-refractivity contribution is 5.17. The van der Waals surface area contributed by atoms with E-state index in [1.807, 2.05) is 6.92 Å². The van der Waals surface area contributed by atoms with Crippen LogP contribution in [0.5, 0.6) is 0 Å². The van der Waals surface area contributed by atoms with E-state index in [2.05, 4.69) is 6.07 Å². The second-order valence-corrected chi connectivity index (χ2v) is 2.40. The quantitative estimate of drug-likeness (QED) is 0.616. The van der Waals surface area contributed by atoms with Crippen LogP contribution >= 0.6 is 0 Å². The molecule has 0 saturated carbocycles. The van der Waals surface area contributed by atoms with Crippen LogP contribution in [-0.2, 0) is 6.42 Å². The zero-order valence-electron chi connectivity index (χ0n) is 6.32. The topological polar surface area (TPSA) is 0 Å². The van der Waals surface area contributed by atoms with E-state index in [0.29, 0.717) is 12.0 Å². The Morgan fingerprint density at radius 3 is 2.82 bits per heavy atom. The molecule has 2 heteroatoms. The fourth-order valence-electron chi connectivity index (χ4n) is 0.950. The zero-order valence-corrected chi connectivity index (χ0v) is 6.32. The largest absolute Gasteiger partial charge is 0.207 e. The molecule has 0 fully saturated rings. The van der Waals surface area contributed by atoms with E-state index in [4.69, 9.17) is 0 Å². The van der Waals surface area contributed by atoms with E-state index in [-0.39, 0.29) is 5.82 Å². The van der Waals surface area contributed by atoms with Gasteiger partial charge in [-0.1, -0.05) is 13.3 Å². The molecule has 11 heavy (non-hydrogen) atoms. The van der Waals surface area contributed by atoms with Gasteiger partial charge in [-0.3, -0.25) is 0 Å². The minimum Gasteiger partial charge on any atom is -0.207 e. The SMILES string of the molecule is CCCc1cc(F)[c]cc1F. The first-order valence-electron chi connectivity index (χ1n) is 3.59. The summed E-state index contributed by atoms with van der Waals surface area (Å²) in [6.45, 7) is 1.92. The van der Waals surface area contributed by atoms with Gasteiger partial charge in [-0.25, -0.2) is 8.78 Å². The van der Waals surface area contributed by atoms with Gasteiger partial charge in [0.05, 0.1) is 0 Å². The van der Waals surface area contributed by atoms with Gasteiger partial charge in [0.2, 0.25) is 0 Å². The number of rotatable bonds is 2. The smallest absolute Gasteiger partial charge is 0.131 e. The first-order chi connectivity index (χ1) is 5.24. The maximum Gasteiger partial charge on any atom is 0.131 e. The Morgan fingerprint density at radius 2 is 2.18 bits per heavy atom. The van der Waals surface area contributed by atoms with E-state index in [1.165, 1.54) is 6.07 Å². The van der Waals surface area contributed by atoms with E-state index in [0.717, 1.165) is 12.5 Å². The highest BCUT2D eigenvalue weighted by Gasteiger charge is 2.01. The molecule has 1 radical (unpaired) electrons. The fraction of sp³-hybridized carbons (Fsp3) is 0.333. The fourth-order valence-corrected chi connectivity index (χ4v) is 0.950. The van der Waals surface area contributed by atoms with Gasteiger partial charge in [0, 0.05) is 6.07 Å². The van der Waals surface area contributed by atoms with Crippen LogP contribution < -0.4 is 0 Å². The molecular weight excluding hydrogens is 146 g/mol. The Bertz CT molecular complexity index is 243. The van der Waals surface area contributed by atoms with Crippen molar-refractivity contribution in [1.29, 1.82) is 0 Å². The molecule has 0 heterocycles. The van der Waals surface area contributed by atoms with Crippen molar-refractivity contribution in [2.45, 2.75) is 19.8 Å². The van der Waals surface area contributed by atoms with E-state index in [1.54, 1.807) is 0 Å². The number of hydrogen-bond acceptors (Lipinski definition) is 0. The lowest BCUT2D eigenvalue weighted by molar-refractivity contribution is 0.581. The summed E-state index contributed by atoms with van der Waals surface area (Å²) in [6.07, 6.45) is 1.40. The van der Waals surface area contributed by atoms with Crippen molar-refractivity contribution in [3.63, 3.8) is 0 Å². The van der Waals surface area contributed by atoms with Crippen molar-refractivity contribution in [2.75, 3.05) is 0 Å². The summed E-state index contributed by atoms with van der Waals surface area (Å²) in [5.74, 6) is -0.858. The summed E-state index contributed by atoms with van der Waals surface area (Å²) in [7, 11) is 0. The van der Waals surface area contributed by atoms with Crippen LogP contribution in [0.3, 0.4) is 0 Å². The summed E-state index contributed by atoms with van der Waals surface area (Å²) in [5, 5.41) is 0. The lowest BCUT2D eigenvalue weighted by Gasteiger charge is -1.99. The molecule has 0 aliphatic heterocycles. The van der Waals surface area contributed by atoms with Crippen molar-refractivity contribution in [3.8, 4) is 0 Å². The third kappa shape index (κ3) is 2.00. The molecule has 0 bridgehead atoms. The van der Waals surface area contributed by atoms with E-state index >= 15 is 0 Å². The molecule has 0 spiro atoms. The van der Waals surface area contributed by atoms with Gasteiger partial charge < -0.3 is 0 Å². The van der Waals surface area contributed by atoms with Crippen molar-refractivity contribution >= 4 is 0 Å². The Kier molecular flexibility index (Phi) is 2.58. The van der Waals surface area contributed by atoms with Gasteiger partial charge in [0.15, 0.2) is 0 Å². The molecule has 59 valence electrons. The maximum atomic E-state index is 12.8. The monoisotopic (exact) mass is 155 g/mol. The Hall–Kier alpha value is -0.920. The molecule has 0 aliphatic rings. The molecule has 1 aromatic rings. The molecule has 0 aliphatic carbocycles. The van der Waals surface area contributed by atoms with Crippen LogP contribution in [0.25, 0.3) is 0 Å². The molecule has 0 amide bonds. The van der Waals surface area contributed by atoms with Crippen molar-refractivity contribution in [2.24, 2.45) is 0 Å². The van der Waals surface area contributed by atoms with Gasteiger partial charge in [-0.05, 0) is 24.1 Å². The second-order valence-electron chi connectivity index (χ2n) is 2.40. The molecule has 0 saturated heterocycles. The third-order valence-corrected chi connectivity index (χ3v) is 1.46. The molecule has 0 nitrogen and oxygen atoms in total. The lowest BCUT2D eigenvalue weighted by Crippen LogP contribution is -1.90. The lowest BCUT2D eigenvalue weighted by atomic mass is 10.1. The van der Waals surface area contributed by atoms with Crippen LogP contribution in [0.1, 0.15) is 18.9 Å². The second kappa shape index (κ2) is 3.46. The molecule has 0 aromatic heterocycles. The summed E-state index contributed by atoms with van der Waals surface area (Å²) >= 11 is 0. The Balaban J connectivity index is 2.93. The summed E-state index contributed by atoms with van der Waals surface area (Å²) in [4.78, 5) is 0. The predicted octanol–water partition coefficient (Wildman–Crippen LogP) is 2.72. The minimum absolute atomic E-state index is 0.367. The summed E-state index contributed by atoms with van der Waals surface area (Å²) in [5.41, 5.74) is 0.434. The summed E-state index contributed by atoms with van der Waals surface area (Å²) < 4.78 is 25.2. The maximum absolute atomic E-state index is 12.8. The normalized spacial score (nSPS) is 10.1. The zero-order chi connectivity index (χ0) is 8.27. The van der Waals surface area contributed by atoms with Gasteiger partial charge in [-0.2, -0.15) is 0 Å². The molecule has 0 atom stereocenters. The van der Waals surface area contributed by atoms with Gasteiger partial charge in [0.1, 0.15) is 11.6 Å². The predicted molar refractivity (Wildman–Crippen MR) is 39.2 cm³/mol. The Labute approximate surface area is 64.9 Å². The molecule has 1 aromatic carbocycles. The molecule has 0 N–H and O–H groups in total. The number of benzene rings is 1. The number of hydrogen-bond donors (Lipinski definition) is 0. The first-order valence-corrected chi connectivity index (χ1v) is 3.59. The average Bonchev–Trinajstić information content (AvgIpc) is 1.98. The van der Waals surface area contributed by atoms with Crippen LogP contribution in [0, 0.1) is 17.7 Å². The summed E-state index contributed by atoms with van der Waals surface area (Å²) in [6, 6.07) is 4.39. The van der Waals surface area contributed by atoms with E-state index in [9.17, 15) is 8.78 Å². The van der Waals surface area contributed by atoms with Gasteiger partial charge in [0.25, 0.3) is 0 Å². The van der Waals surface area contributed by atoms with Crippen LogP contribution in [0.2, 0.25) is 0 Å². The van der Waals surface area contributed by atoms with Gasteiger partial charge in [-0.15, -0.1) is 0 Å². The minimum atomic E-state index is -0.491. The number of halogens is 2. The van der Waals surface area contributed by atoms with E-state index < -0.39 is 5.82 Å². The third-order valence-electron chi connectivity index (χ3n) is 1.46. The van der Waals surface area contributed by atoms with Crippen molar-refractivity contribution in [1.82, 2.24) is 0 Å². The van der Waals surface area contributed by atoms with Crippen molar-refractivity contribution < 1.29 is 8.78 Å². The standard InChI is InChI=1S/C9H9F2/c1-2-3-7-6-8(10)4-5-9(7)11/h5-6H,2-3H2,1H3.